The quantitative estimate of drug-likeness (QED) is 0.667. The summed E-state index contributed by atoms with van der Waals surface area (Å²) in [7, 11) is 0. The van der Waals surface area contributed by atoms with Crippen molar-refractivity contribution in [3.8, 4) is 5.75 Å². The number of ether oxygens (including phenoxy) is 1. The molecule has 1 N–H and O–H groups in total. The predicted molar refractivity (Wildman–Crippen MR) is 63.1 cm³/mol. The number of aliphatic carboxylic acids is 1. The molecule has 1 atom stereocenters. The summed E-state index contributed by atoms with van der Waals surface area (Å²) in [5.41, 5.74) is -0.114. The van der Waals surface area contributed by atoms with Crippen LogP contribution in [0.4, 0.5) is 5.69 Å². The van der Waals surface area contributed by atoms with E-state index in [1.807, 2.05) is 0 Å². The fourth-order valence-electron chi connectivity index (χ4n) is 1.24. The van der Waals surface area contributed by atoms with E-state index in [-0.39, 0.29) is 17.9 Å². The van der Waals surface area contributed by atoms with Crippen LogP contribution >= 0.6 is 15.9 Å². The molecule has 0 radical (unpaired) electrons. The molecule has 0 saturated heterocycles. The Balaban J connectivity index is 2.84. The SMILES string of the molecule is C[C@H](CC(=O)O)Oc1cc(Br)cc([N+](=O)[O-])c1. The monoisotopic (exact) mass is 303 g/mol. The lowest BCUT2D eigenvalue weighted by Crippen LogP contribution is -2.16. The summed E-state index contributed by atoms with van der Waals surface area (Å²) in [6.45, 7) is 1.58. The van der Waals surface area contributed by atoms with Crippen LogP contribution in [-0.4, -0.2) is 22.1 Å². The topological polar surface area (TPSA) is 89.7 Å². The number of halogens is 1. The van der Waals surface area contributed by atoms with Gasteiger partial charge < -0.3 is 9.84 Å². The smallest absolute Gasteiger partial charge is 0.307 e. The molecule has 0 amide bonds. The van der Waals surface area contributed by atoms with E-state index in [0.29, 0.717) is 4.47 Å². The van der Waals surface area contributed by atoms with Crippen molar-refractivity contribution in [3.05, 3.63) is 32.8 Å². The normalized spacial score (nSPS) is 11.9. The molecule has 0 saturated carbocycles. The Kier molecular flexibility index (Phi) is 4.45. The van der Waals surface area contributed by atoms with Crippen molar-refractivity contribution in [2.24, 2.45) is 0 Å². The highest BCUT2D eigenvalue weighted by Crippen LogP contribution is 2.27. The van der Waals surface area contributed by atoms with Gasteiger partial charge in [0.15, 0.2) is 0 Å². The number of nitro groups is 1. The Hall–Kier alpha value is -1.63. The van der Waals surface area contributed by atoms with Gasteiger partial charge in [-0.05, 0) is 13.0 Å². The van der Waals surface area contributed by atoms with Crippen LogP contribution in [0.25, 0.3) is 0 Å². The Morgan fingerprint density at radius 3 is 2.76 bits per heavy atom. The van der Waals surface area contributed by atoms with Gasteiger partial charge >= 0.3 is 5.97 Å². The van der Waals surface area contributed by atoms with Crippen molar-refractivity contribution in [1.82, 2.24) is 0 Å². The molecule has 92 valence electrons. The highest BCUT2D eigenvalue weighted by Gasteiger charge is 2.13. The van der Waals surface area contributed by atoms with Gasteiger partial charge in [0.1, 0.15) is 11.9 Å². The number of nitro benzene ring substituents is 1. The summed E-state index contributed by atoms with van der Waals surface area (Å²) in [6, 6.07) is 4.14. The molecular formula is C10H10BrNO5. The summed E-state index contributed by atoms with van der Waals surface area (Å²) in [4.78, 5) is 20.5. The largest absolute Gasteiger partial charge is 0.490 e. The molecule has 0 bridgehead atoms. The van der Waals surface area contributed by atoms with E-state index in [1.165, 1.54) is 12.1 Å². The third-order valence-electron chi connectivity index (χ3n) is 1.87. The summed E-state index contributed by atoms with van der Waals surface area (Å²) in [5.74, 6) is -0.721. The summed E-state index contributed by atoms with van der Waals surface area (Å²) < 4.78 is 5.79. The van der Waals surface area contributed by atoms with E-state index >= 15 is 0 Å². The van der Waals surface area contributed by atoms with Crippen LogP contribution in [0.3, 0.4) is 0 Å². The van der Waals surface area contributed by atoms with E-state index in [4.69, 9.17) is 9.84 Å². The second kappa shape index (κ2) is 5.62. The van der Waals surface area contributed by atoms with E-state index in [0.717, 1.165) is 0 Å². The molecule has 0 aliphatic carbocycles. The first-order valence-electron chi connectivity index (χ1n) is 4.72. The zero-order chi connectivity index (χ0) is 13.0. The number of carboxylic acids is 1. The fraction of sp³-hybridized carbons (Fsp3) is 0.300. The minimum atomic E-state index is -0.984. The molecule has 0 aromatic heterocycles. The van der Waals surface area contributed by atoms with Gasteiger partial charge in [0.25, 0.3) is 5.69 Å². The Morgan fingerprint density at radius 1 is 1.59 bits per heavy atom. The van der Waals surface area contributed by atoms with Gasteiger partial charge in [-0.2, -0.15) is 0 Å². The number of non-ortho nitro benzene ring substituents is 1. The Morgan fingerprint density at radius 2 is 2.24 bits per heavy atom. The number of rotatable bonds is 5. The van der Waals surface area contributed by atoms with Gasteiger partial charge in [0, 0.05) is 10.5 Å². The highest BCUT2D eigenvalue weighted by molar-refractivity contribution is 9.10. The lowest BCUT2D eigenvalue weighted by Gasteiger charge is -2.12. The van der Waals surface area contributed by atoms with Crippen molar-refractivity contribution in [2.75, 3.05) is 0 Å². The second-order valence-electron chi connectivity index (χ2n) is 3.43. The summed E-state index contributed by atoms with van der Waals surface area (Å²) in [6.07, 6.45) is -0.721. The average molecular weight is 304 g/mol. The van der Waals surface area contributed by atoms with Crippen molar-refractivity contribution in [3.63, 3.8) is 0 Å². The maximum atomic E-state index is 10.6. The molecule has 1 aromatic rings. The van der Waals surface area contributed by atoms with Crippen molar-refractivity contribution in [2.45, 2.75) is 19.4 Å². The van der Waals surface area contributed by atoms with Crippen LogP contribution in [-0.2, 0) is 4.79 Å². The predicted octanol–water partition coefficient (Wildman–Crippen LogP) is 2.60. The molecule has 0 aliphatic heterocycles. The minimum absolute atomic E-state index is 0.114. The van der Waals surface area contributed by atoms with E-state index in [1.54, 1.807) is 13.0 Å². The maximum absolute atomic E-state index is 10.6. The van der Waals surface area contributed by atoms with Gasteiger partial charge in [-0.3, -0.25) is 14.9 Å². The zero-order valence-electron chi connectivity index (χ0n) is 8.92. The summed E-state index contributed by atoms with van der Waals surface area (Å²) >= 11 is 3.12. The van der Waals surface area contributed by atoms with Crippen LogP contribution in [0.15, 0.2) is 22.7 Å². The molecule has 17 heavy (non-hydrogen) atoms. The van der Waals surface area contributed by atoms with Crippen LogP contribution in [0, 0.1) is 10.1 Å². The average Bonchev–Trinajstić information content (AvgIpc) is 2.14. The van der Waals surface area contributed by atoms with Crippen LogP contribution in [0.1, 0.15) is 13.3 Å². The molecule has 0 heterocycles. The van der Waals surface area contributed by atoms with Crippen LogP contribution in [0.2, 0.25) is 0 Å². The third kappa shape index (κ3) is 4.39. The molecule has 0 unspecified atom stereocenters. The van der Waals surface area contributed by atoms with Gasteiger partial charge in [-0.25, -0.2) is 0 Å². The standard InChI is InChI=1S/C10H10BrNO5/c1-6(2-10(13)14)17-9-4-7(11)3-8(5-9)12(15)16/h3-6H,2H2,1H3,(H,13,14)/t6-/m1/s1. The first-order valence-corrected chi connectivity index (χ1v) is 5.51. The lowest BCUT2D eigenvalue weighted by molar-refractivity contribution is -0.385. The number of carboxylic acid groups (broad SMARTS) is 1. The number of hydrogen-bond donors (Lipinski definition) is 1. The van der Waals surface area contributed by atoms with Crippen LogP contribution < -0.4 is 4.74 Å². The van der Waals surface area contributed by atoms with Crippen molar-refractivity contribution < 1.29 is 19.6 Å². The molecule has 1 rings (SSSR count). The zero-order valence-corrected chi connectivity index (χ0v) is 10.5. The summed E-state index contributed by atoms with van der Waals surface area (Å²) in [5, 5.41) is 19.2. The third-order valence-corrected chi connectivity index (χ3v) is 2.32. The van der Waals surface area contributed by atoms with Crippen molar-refractivity contribution >= 4 is 27.6 Å². The minimum Gasteiger partial charge on any atom is -0.490 e. The van der Waals surface area contributed by atoms with Gasteiger partial charge in [0.2, 0.25) is 0 Å². The maximum Gasteiger partial charge on any atom is 0.307 e. The molecule has 6 nitrogen and oxygen atoms in total. The number of benzene rings is 1. The van der Waals surface area contributed by atoms with Gasteiger partial charge in [-0.15, -0.1) is 0 Å². The molecule has 0 fully saturated rings. The molecule has 0 spiro atoms. The van der Waals surface area contributed by atoms with E-state index in [9.17, 15) is 14.9 Å². The first-order chi connectivity index (χ1) is 7.88. The second-order valence-corrected chi connectivity index (χ2v) is 4.34. The Labute approximate surface area is 105 Å². The first kappa shape index (κ1) is 13.4. The number of carbonyl (C=O) groups is 1. The lowest BCUT2D eigenvalue weighted by atomic mass is 10.2. The van der Waals surface area contributed by atoms with E-state index < -0.39 is 17.0 Å². The Bertz CT molecular complexity index is 448. The van der Waals surface area contributed by atoms with Gasteiger partial charge in [0.05, 0.1) is 17.4 Å². The molecular weight excluding hydrogens is 294 g/mol. The molecule has 0 aliphatic rings. The van der Waals surface area contributed by atoms with E-state index in [2.05, 4.69) is 15.9 Å². The highest BCUT2D eigenvalue weighted by atomic mass is 79.9. The van der Waals surface area contributed by atoms with Crippen LogP contribution in [0.5, 0.6) is 5.75 Å². The number of nitrogens with zero attached hydrogens (tertiary/aromatic N) is 1. The van der Waals surface area contributed by atoms with Gasteiger partial charge in [-0.1, -0.05) is 15.9 Å². The number of hydrogen-bond acceptors (Lipinski definition) is 4. The molecule has 7 heteroatoms. The molecule has 1 aromatic carbocycles. The fourth-order valence-corrected chi connectivity index (χ4v) is 1.70. The van der Waals surface area contributed by atoms with Crippen molar-refractivity contribution in [1.29, 1.82) is 0 Å².